The van der Waals surface area contributed by atoms with Crippen LogP contribution < -0.4 is 0 Å². The van der Waals surface area contributed by atoms with Crippen LogP contribution in [0, 0.1) is 0 Å². The SMILES string of the molecule is c1ccc(-c2ccc(-c3ccc(-c4ccccc4)nn3)cc2)cc1. The summed E-state index contributed by atoms with van der Waals surface area (Å²) in [7, 11) is 0. The van der Waals surface area contributed by atoms with Crippen molar-refractivity contribution in [3.05, 3.63) is 97.1 Å². The van der Waals surface area contributed by atoms with E-state index in [0.717, 1.165) is 22.5 Å². The Bertz CT molecular complexity index is 832. The van der Waals surface area contributed by atoms with E-state index < -0.39 is 0 Å². The number of hydrogen-bond donors (Lipinski definition) is 0. The molecule has 114 valence electrons. The lowest BCUT2D eigenvalue weighted by molar-refractivity contribution is 1.04. The van der Waals surface area contributed by atoms with Gasteiger partial charge in [-0.25, -0.2) is 0 Å². The minimum Gasteiger partial charge on any atom is -0.150 e. The molecule has 0 aliphatic rings. The highest BCUT2D eigenvalue weighted by atomic mass is 15.1. The van der Waals surface area contributed by atoms with Crippen LogP contribution in [0.5, 0.6) is 0 Å². The number of rotatable bonds is 3. The van der Waals surface area contributed by atoms with Crippen molar-refractivity contribution in [1.82, 2.24) is 10.2 Å². The van der Waals surface area contributed by atoms with Crippen molar-refractivity contribution < 1.29 is 0 Å². The highest BCUT2D eigenvalue weighted by Crippen LogP contribution is 2.24. The molecule has 3 aromatic carbocycles. The average molecular weight is 308 g/mol. The van der Waals surface area contributed by atoms with Gasteiger partial charge >= 0.3 is 0 Å². The Morgan fingerprint density at radius 2 is 0.708 bits per heavy atom. The third kappa shape index (κ3) is 2.95. The smallest absolute Gasteiger partial charge is 0.0930 e. The molecule has 4 rings (SSSR count). The standard InChI is InChI=1S/C22H16N2/c1-3-7-17(8-4-1)18-11-13-20(14-12-18)22-16-15-21(23-24-22)19-9-5-2-6-10-19/h1-16H. The first-order valence-electron chi connectivity index (χ1n) is 7.95. The minimum atomic E-state index is 0.884. The molecule has 2 nitrogen and oxygen atoms in total. The van der Waals surface area contributed by atoms with Gasteiger partial charge in [0.25, 0.3) is 0 Å². The van der Waals surface area contributed by atoms with Crippen molar-refractivity contribution in [3.8, 4) is 33.6 Å². The summed E-state index contributed by atoms with van der Waals surface area (Å²) >= 11 is 0. The normalized spacial score (nSPS) is 10.5. The van der Waals surface area contributed by atoms with Crippen LogP contribution in [0.15, 0.2) is 97.1 Å². The van der Waals surface area contributed by atoms with E-state index in [9.17, 15) is 0 Å². The second kappa shape index (κ2) is 6.47. The Balaban J connectivity index is 1.60. The Morgan fingerprint density at radius 3 is 1.21 bits per heavy atom. The highest BCUT2D eigenvalue weighted by Gasteiger charge is 2.04. The maximum absolute atomic E-state index is 4.38. The zero-order valence-electron chi connectivity index (χ0n) is 13.1. The van der Waals surface area contributed by atoms with Gasteiger partial charge in [-0.2, -0.15) is 0 Å². The molecule has 2 heteroatoms. The molecule has 0 saturated heterocycles. The molecule has 0 amide bonds. The number of nitrogens with zero attached hydrogens (tertiary/aromatic N) is 2. The van der Waals surface area contributed by atoms with Gasteiger partial charge in [-0.1, -0.05) is 84.9 Å². The summed E-state index contributed by atoms with van der Waals surface area (Å²) in [6.45, 7) is 0. The van der Waals surface area contributed by atoms with E-state index in [2.05, 4.69) is 58.7 Å². The average Bonchev–Trinajstić information content (AvgIpc) is 2.70. The van der Waals surface area contributed by atoms with E-state index >= 15 is 0 Å². The van der Waals surface area contributed by atoms with Crippen LogP contribution in [0.1, 0.15) is 0 Å². The zero-order chi connectivity index (χ0) is 16.2. The fraction of sp³-hybridized carbons (Fsp3) is 0. The predicted molar refractivity (Wildman–Crippen MR) is 98.3 cm³/mol. The Kier molecular flexibility index (Phi) is 3.86. The van der Waals surface area contributed by atoms with Crippen LogP contribution in [0.3, 0.4) is 0 Å². The quantitative estimate of drug-likeness (QED) is 0.501. The first-order chi connectivity index (χ1) is 11.9. The van der Waals surface area contributed by atoms with Crippen molar-refractivity contribution >= 4 is 0 Å². The maximum atomic E-state index is 4.38. The number of hydrogen-bond acceptors (Lipinski definition) is 2. The molecule has 0 atom stereocenters. The van der Waals surface area contributed by atoms with E-state index in [1.165, 1.54) is 11.1 Å². The summed E-state index contributed by atoms with van der Waals surface area (Å²) in [5, 5.41) is 8.73. The van der Waals surface area contributed by atoms with E-state index in [1.54, 1.807) is 0 Å². The topological polar surface area (TPSA) is 25.8 Å². The highest BCUT2D eigenvalue weighted by molar-refractivity contribution is 5.69. The second-order valence-corrected chi connectivity index (χ2v) is 5.61. The number of aromatic nitrogens is 2. The van der Waals surface area contributed by atoms with Crippen molar-refractivity contribution in [2.24, 2.45) is 0 Å². The first-order valence-corrected chi connectivity index (χ1v) is 7.95. The molecule has 4 aromatic rings. The van der Waals surface area contributed by atoms with Crippen LogP contribution in [-0.4, -0.2) is 10.2 Å². The molecular weight excluding hydrogens is 292 g/mol. The van der Waals surface area contributed by atoms with E-state index in [-0.39, 0.29) is 0 Å². The zero-order valence-corrected chi connectivity index (χ0v) is 13.1. The Morgan fingerprint density at radius 1 is 0.333 bits per heavy atom. The maximum Gasteiger partial charge on any atom is 0.0930 e. The van der Waals surface area contributed by atoms with Crippen LogP contribution in [-0.2, 0) is 0 Å². The predicted octanol–water partition coefficient (Wildman–Crippen LogP) is 5.48. The second-order valence-electron chi connectivity index (χ2n) is 5.61. The lowest BCUT2D eigenvalue weighted by atomic mass is 10.0. The van der Waals surface area contributed by atoms with Crippen molar-refractivity contribution in [3.63, 3.8) is 0 Å². The van der Waals surface area contributed by atoms with Gasteiger partial charge in [0.05, 0.1) is 11.4 Å². The summed E-state index contributed by atoms with van der Waals surface area (Å²) in [4.78, 5) is 0. The van der Waals surface area contributed by atoms with Gasteiger partial charge < -0.3 is 0 Å². The van der Waals surface area contributed by atoms with Crippen LogP contribution in [0.4, 0.5) is 0 Å². The van der Waals surface area contributed by atoms with Crippen molar-refractivity contribution in [2.45, 2.75) is 0 Å². The van der Waals surface area contributed by atoms with Gasteiger partial charge in [-0.05, 0) is 23.3 Å². The molecule has 0 unspecified atom stereocenters. The third-order valence-corrected chi connectivity index (χ3v) is 4.02. The molecule has 24 heavy (non-hydrogen) atoms. The fourth-order valence-electron chi connectivity index (χ4n) is 2.71. The first kappa shape index (κ1) is 14.3. The monoisotopic (exact) mass is 308 g/mol. The molecule has 0 saturated carbocycles. The molecular formula is C22H16N2. The van der Waals surface area contributed by atoms with Crippen molar-refractivity contribution in [1.29, 1.82) is 0 Å². The number of benzene rings is 3. The lowest BCUT2D eigenvalue weighted by Gasteiger charge is -2.05. The lowest BCUT2D eigenvalue weighted by Crippen LogP contribution is -1.90. The van der Waals surface area contributed by atoms with Gasteiger partial charge in [-0.3, -0.25) is 0 Å². The van der Waals surface area contributed by atoms with Crippen LogP contribution in [0.2, 0.25) is 0 Å². The largest absolute Gasteiger partial charge is 0.150 e. The van der Waals surface area contributed by atoms with E-state index in [0.29, 0.717) is 0 Å². The summed E-state index contributed by atoms with van der Waals surface area (Å²) in [6.07, 6.45) is 0. The third-order valence-electron chi connectivity index (χ3n) is 4.02. The Hall–Kier alpha value is -3.26. The van der Waals surface area contributed by atoms with Crippen LogP contribution in [0.25, 0.3) is 33.6 Å². The molecule has 0 aliphatic heterocycles. The molecule has 0 bridgehead atoms. The van der Waals surface area contributed by atoms with Crippen molar-refractivity contribution in [2.75, 3.05) is 0 Å². The van der Waals surface area contributed by atoms with E-state index in [1.807, 2.05) is 48.5 Å². The van der Waals surface area contributed by atoms with E-state index in [4.69, 9.17) is 0 Å². The molecule has 0 aliphatic carbocycles. The molecule has 0 radical (unpaired) electrons. The fourth-order valence-corrected chi connectivity index (χ4v) is 2.71. The summed E-state index contributed by atoms with van der Waals surface area (Å²) in [6, 6.07) is 32.9. The van der Waals surface area contributed by atoms with Gasteiger partial charge in [0, 0.05) is 11.1 Å². The molecule has 1 aromatic heterocycles. The minimum absolute atomic E-state index is 0.884. The van der Waals surface area contributed by atoms with Crippen LogP contribution >= 0.6 is 0 Å². The summed E-state index contributed by atoms with van der Waals surface area (Å²) < 4.78 is 0. The molecule has 1 heterocycles. The van der Waals surface area contributed by atoms with Gasteiger partial charge in [0.15, 0.2) is 0 Å². The molecule has 0 spiro atoms. The molecule has 0 N–H and O–H groups in total. The van der Waals surface area contributed by atoms with Gasteiger partial charge in [0.2, 0.25) is 0 Å². The summed E-state index contributed by atoms with van der Waals surface area (Å²) in [5.74, 6) is 0. The summed E-state index contributed by atoms with van der Waals surface area (Å²) in [5.41, 5.74) is 6.34. The Labute approximate surface area is 141 Å². The van der Waals surface area contributed by atoms with Gasteiger partial charge in [0.1, 0.15) is 0 Å². The molecule has 0 fully saturated rings. The van der Waals surface area contributed by atoms with Gasteiger partial charge in [-0.15, -0.1) is 10.2 Å².